The fourth-order valence-electron chi connectivity index (χ4n) is 1.05. The predicted octanol–water partition coefficient (Wildman–Crippen LogP) is 3.26. The summed E-state index contributed by atoms with van der Waals surface area (Å²) in [5.41, 5.74) is 1.13. The molecule has 0 radical (unpaired) electrons. The number of aromatic nitrogens is 1. The van der Waals surface area contributed by atoms with E-state index in [1.807, 2.05) is 0 Å². The van der Waals surface area contributed by atoms with Crippen LogP contribution in [-0.4, -0.2) is 11.5 Å². The van der Waals surface area contributed by atoms with Crippen molar-refractivity contribution < 1.29 is 0 Å². The lowest BCUT2D eigenvalue weighted by Gasteiger charge is -2.10. The van der Waals surface area contributed by atoms with Crippen LogP contribution >= 0.6 is 27.3 Å². The zero-order chi connectivity index (χ0) is 10.6. The van der Waals surface area contributed by atoms with Gasteiger partial charge in [0.2, 0.25) is 0 Å². The molecule has 0 saturated heterocycles. The molecular formula is C10H15BrN2S. The summed E-state index contributed by atoms with van der Waals surface area (Å²) in [6.07, 6.45) is 1.02. The molecule has 1 aromatic rings. The van der Waals surface area contributed by atoms with Crippen LogP contribution in [0.25, 0.3) is 0 Å². The van der Waals surface area contributed by atoms with E-state index < -0.39 is 0 Å². The average Bonchev–Trinajstić information content (AvgIpc) is 2.62. The Bertz CT molecular complexity index is 309. The lowest BCUT2D eigenvalue weighted by atomic mass is 10.2. The van der Waals surface area contributed by atoms with E-state index in [1.165, 1.54) is 5.01 Å². The number of nitrogens with one attached hydrogen (secondary N) is 1. The van der Waals surface area contributed by atoms with Crippen molar-refractivity contribution in [3.8, 4) is 0 Å². The van der Waals surface area contributed by atoms with Gasteiger partial charge in [0.05, 0.1) is 10.7 Å². The van der Waals surface area contributed by atoms with E-state index in [2.05, 4.69) is 52.0 Å². The van der Waals surface area contributed by atoms with Crippen molar-refractivity contribution in [1.82, 2.24) is 10.3 Å². The molecule has 1 atom stereocenters. The number of nitrogens with zero attached hydrogens (tertiary/aromatic N) is 1. The zero-order valence-corrected chi connectivity index (χ0v) is 10.9. The Morgan fingerprint density at radius 3 is 3.00 bits per heavy atom. The first-order valence-corrected chi connectivity index (χ1v) is 6.31. The van der Waals surface area contributed by atoms with E-state index in [4.69, 9.17) is 0 Å². The van der Waals surface area contributed by atoms with Crippen LogP contribution in [0.1, 0.15) is 30.6 Å². The highest BCUT2D eigenvalue weighted by atomic mass is 79.9. The minimum atomic E-state index is 0.292. The highest BCUT2D eigenvalue weighted by Gasteiger charge is 2.08. The fourth-order valence-corrected chi connectivity index (χ4v) is 2.06. The third-order valence-corrected chi connectivity index (χ3v) is 3.21. The Balaban J connectivity index is 2.51. The Morgan fingerprint density at radius 1 is 1.79 bits per heavy atom. The lowest BCUT2D eigenvalue weighted by molar-refractivity contribution is 0.601. The molecule has 78 valence electrons. The van der Waals surface area contributed by atoms with Crippen LogP contribution in [-0.2, 0) is 6.42 Å². The molecule has 0 fully saturated rings. The van der Waals surface area contributed by atoms with Crippen molar-refractivity contribution in [2.75, 3.05) is 6.54 Å². The normalized spacial score (nSPS) is 12.8. The molecule has 1 aromatic heterocycles. The summed E-state index contributed by atoms with van der Waals surface area (Å²) in [5.74, 6) is 0. The first-order valence-electron chi connectivity index (χ1n) is 4.64. The van der Waals surface area contributed by atoms with Gasteiger partial charge in [-0.1, -0.05) is 29.4 Å². The van der Waals surface area contributed by atoms with Crippen LogP contribution in [0.4, 0.5) is 0 Å². The predicted molar refractivity (Wildman–Crippen MR) is 66.0 cm³/mol. The molecule has 1 rings (SSSR count). The second kappa shape index (κ2) is 5.63. The van der Waals surface area contributed by atoms with Gasteiger partial charge in [-0.2, -0.15) is 0 Å². The van der Waals surface area contributed by atoms with Gasteiger partial charge in [-0.05, 0) is 13.3 Å². The Hall–Kier alpha value is -0.190. The highest BCUT2D eigenvalue weighted by molar-refractivity contribution is 9.11. The molecule has 0 aliphatic rings. The van der Waals surface area contributed by atoms with Crippen LogP contribution in [0.3, 0.4) is 0 Å². The first kappa shape index (κ1) is 11.9. The van der Waals surface area contributed by atoms with Crippen LogP contribution < -0.4 is 5.32 Å². The molecule has 0 aliphatic heterocycles. The molecule has 1 heterocycles. The van der Waals surface area contributed by atoms with Gasteiger partial charge >= 0.3 is 0 Å². The molecule has 2 nitrogen and oxygen atoms in total. The second-order valence-corrected chi connectivity index (χ2v) is 5.20. The standard InChI is InChI=1S/C10H15BrN2S/c1-4-10-13-9(6-14-10)8(3)12-5-7(2)11/h6,8,12H,2,4-5H2,1,3H3/t8-/m1/s1. The molecule has 0 unspecified atom stereocenters. The van der Waals surface area contributed by atoms with Crippen molar-refractivity contribution >= 4 is 27.3 Å². The van der Waals surface area contributed by atoms with E-state index in [0.29, 0.717) is 6.04 Å². The minimum Gasteiger partial charge on any atom is -0.304 e. The molecule has 0 saturated carbocycles. The van der Waals surface area contributed by atoms with E-state index in [0.717, 1.165) is 23.1 Å². The molecule has 0 aliphatic carbocycles. The van der Waals surface area contributed by atoms with Crippen molar-refractivity contribution in [3.63, 3.8) is 0 Å². The summed E-state index contributed by atoms with van der Waals surface area (Å²) in [4.78, 5) is 4.52. The number of thiazole rings is 1. The van der Waals surface area contributed by atoms with E-state index >= 15 is 0 Å². The van der Waals surface area contributed by atoms with Gasteiger partial charge < -0.3 is 5.32 Å². The summed E-state index contributed by atoms with van der Waals surface area (Å²) in [7, 11) is 0. The second-order valence-electron chi connectivity index (χ2n) is 3.14. The van der Waals surface area contributed by atoms with Crippen molar-refractivity contribution in [2.45, 2.75) is 26.3 Å². The topological polar surface area (TPSA) is 24.9 Å². The molecule has 0 aromatic carbocycles. The van der Waals surface area contributed by atoms with Gasteiger partial charge in [-0.3, -0.25) is 0 Å². The summed E-state index contributed by atoms with van der Waals surface area (Å²) in [5, 5.41) is 6.65. The van der Waals surface area contributed by atoms with Gasteiger partial charge in [0.25, 0.3) is 0 Å². The molecule has 0 spiro atoms. The Morgan fingerprint density at radius 2 is 2.50 bits per heavy atom. The van der Waals surface area contributed by atoms with Crippen LogP contribution in [0.5, 0.6) is 0 Å². The third kappa shape index (κ3) is 3.52. The number of aryl methyl sites for hydroxylation is 1. The van der Waals surface area contributed by atoms with Crippen molar-refractivity contribution in [3.05, 3.63) is 27.1 Å². The zero-order valence-electron chi connectivity index (χ0n) is 8.51. The van der Waals surface area contributed by atoms with Crippen LogP contribution in [0.2, 0.25) is 0 Å². The van der Waals surface area contributed by atoms with Crippen molar-refractivity contribution in [2.24, 2.45) is 0 Å². The van der Waals surface area contributed by atoms with Gasteiger partial charge in [0.15, 0.2) is 0 Å². The monoisotopic (exact) mass is 274 g/mol. The van der Waals surface area contributed by atoms with Gasteiger partial charge in [0, 0.05) is 22.4 Å². The van der Waals surface area contributed by atoms with Crippen LogP contribution in [0.15, 0.2) is 16.4 Å². The molecule has 1 N–H and O–H groups in total. The average molecular weight is 275 g/mol. The van der Waals surface area contributed by atoms with Gasteiger partial charge in [-0.15, -0.1) is 11.3 Å². The first-order chi connectivity index (χ1) is 6.63. The van der Waals surface area contributed by atoms with E-state index in [1.54, 1.807) is 11.3 Å². The Labute approximate surface area is 97.6 Å². The lowest BCUT2D eigenvalue weighted by Crippen LogP contribution is -2.20. The van der Waals surface area contributed by atoms with Gasteiger partial charge in [-0.25, -0.2) is 4.98 Å². The molecule has 4 heteroatoms. The minimum absolute atomic E-state index is 0.292. The maximum absolute atomic E-state index is 4.52. The van der Waals surface area contributed by atoms with E-state index in [9.17, 15) is 0 Å². The van der Waals surface area contributed by atoms with E-state index in [-0.39, 0.29) is 0 Å². The quantitative estimate of drug-likeness (QED) is 0.892. The summed E-state index contributed by atoms with van der Waals surface area (Å²) in [6.45, 7) is 8.80. The molecule has 0 amide bonds. The highest BCUT2D eigenvalue weighted by Crippen LogP contribution is 2.17. The number of halogens is 1. The third-order valence-electron chi connectivity index (χ3n) is 1.92. The van der Waals surface area contributed by atoms with Gasteiger partial charge in [0.1, 0.15) is 0 Å². The van der Waals surface area contributed by atoms with Crippen molar-refractivity contribution in [1.29, 1.82) is 0 Å². The maximum atomic E-state index is 4.52. The number of rotatable bonds is 5. The smallest absolute Gasteiger partial charge is 0.0926 e. The van der Waals surface area contributed by atoms with Crippen LogP contribution in [0, 0.1) is 0 Å². The fraction of sp³-hybridized carbons (Fsp3) is 0.500. The largest absolute Gasteiger partial charge is 0.304 e. The SMILES string of the molecule is C=C(Br)CN[C@H](C)c1csc(CC)n1. The summed E-state index contributed by atoms with van der Waals surface area (Å²) < 4.78 is 0.968. The Kier molecular flexibility index (Phi) is 4.78. The summed E-state index contributed by atoms with van der Waals surface area (Å²) >= 11 is 5.05. The molecule has 14 heavy (non-hydrogen) atoms. The number of hydrogen-bond donors (Lipinski definition) is 1. The molecule has 0 bridgehead atoms. The number of hydrogen-bond acceptors (Lipinski definition) is 3. The summed E-state index contributed by atoms with van der Waals surface area (Å²) in [6, 6.07) is 0.292. The maximum Gasteiger partial charge on any atom is 0.0926 e. The molecular weight excluding hydrogens is 260 g/mol.